The van der Waals surface area contributed by atoms with Gasteiger partial charge in [0.2, 0.25) is 5.95 Å². The summed E-state index contributed by atoms with van der Waals surface area (Å²) < 4.78 is 15.7. The lowest BCUT2D eigenvalue weighted by Crippen LogP contribution is -2.15. The van der Waals surface area contributed by atoms with E-state index in [4.69, 9.17) is 0 Å². The third-order valence-electron chi connectivity index (χ3n) is 3.80. The van der Waals surface area contributed by atoms with Crippen LogP contribution in [0.4, 0.5) is 4.39 Å². The number of hydrogen-bond donors (Lipinski definition) is 1. The highest BCUT2D eigenvalue weighted by molar-refractivity contribution is 7.98. The molecule has 0 aliphatic heterocycles. The molecule has 0 saturated heterocycles. The molecule has 2 aromatic heterocycles. The normalized spacial score (nSPS) is 13.7. The van der Waals surface area contributed by atoms with Crippen LogP contribution < -0.4 is 5.56 Å². The van der Waals surface area contributed by atoms with E-state index >= 15 is 0 Å². The third kappa shape index (κ3) is 2.62. The summed E-state index contributed by atoms with van der Waals surface area (Å²) in [5.74, 6) is 0.633. The Morgan fingerprint density at radius 3 is 2.95 bits per heavy atom. The number of nitrogens with zero attached hydrogens (tertiary/aromatic N) is 3. The molecule has 2 heterocycles. The summed E-state index contributed by atoms with van der Waals surface area (Å²) in [5.41, 5.74) is 2.19. The number of nitrogens with one attached hydrogen (secondary N) is 1. The van der Waals surface area contributed by atoms with E-state index in [0.29, 0.717) is 29.0 Å². The Balaban J connectivity index is 1.83. The molecule has 0 bridgehead atoms. The van der Waals surface area contributed by atoms with Crippen molar-refractivity contribution < 1.29 is 4.39 Å². The molecule has 0 aromatic carbocycles. The van der Waals surface area contributed by atoms with Crippen LogP contribution in [0, 0.1) is 12.9 Å². The highest BCUT2D eigenvalue weighted by atomic mass is 32.2. The molecule has 0 unspecified atom stereocenters. The molecule has 112 valence electrons. The van der Waals surface area contributed by atoms with Gasteiger partial charge in [0.05, 0.1) is 11.4 Å². The Bertz CT molecular complexity index is 737. The topological polar surface area (TPSA) is 63.6 Å². The number of rotatable bonds is 4. The molecule has 0 spiro atoms. The Hall–Kier alpha value is -1.63. The minimum atomic E-state index is -0.439. The first-order chi connectivity index (χ1) is 10.1. The van der Waals surface area contributed by atoms with Crippen LogP contribution in [-0.4, -0.2) is 19.5 Å². The van der Waals surface area contributed by atoms with Gasteiger partial charge in [0.1, 0.15) is 5.82 Å². The van der Waals surface area contributed by atoms with Crippen molar-refractivity contribution in [1.82, 2.24) is 19.5 Å². The van der Waals surface area contributed by atoms with E-state index < -0.39 is 5.95 Å². The molecule has 21 heavy (non-hydrogen) atoms. The fourth-order valence-corrected chi connectivity index (χ4v) is 3.64. The molecule has 2 aromatic rings. The second-order valence-corrected chi connectivity index (χ2v) is 6.04. The van der Waals surface area contributed by atoms with Gasteiger partial charge in [-0.1, -0.05) is 11.8 Å². The van der Waals surface area contributed by atoms with Crippen LogP contribution in [0.2, 0.25) is 0 Å². The monoisotopic (exact) mass is 308 g/mol. The van der Waals surface area contributed by atoms with Crippen LogP contribution >= 0.6 is 11.8 Å². The standard InChI is InChI=1S/C14H17FN4OS/c1-3-19-8(2)16-12(15)11(19)7-21-14-17-10-6-4-5-9(10)13(20)18-14/h3-7H2,1-2H3,(H,17,18,20). The highest BCUT2D eigenvalue weighted by Gasteiger charge is 2.18. The van der Waals surface area contributed by atoms with Crippen molar-refractivity contribution in [3.8, 4) is 0 Å². The number of aromatic nitrogens is 4. The number of H-pyrrole nitrogens is 1. The zero-order valence-corrected chi connectivity index (χ0v) is 12.9. The number of aryl methyl sites for hydroxylation is 2. The first-order valence-electron chi connectivity index (χ1n) is 7.06. The zero-order valence-electron chi connectivity index (χ0n) is 12.1. The number of hydrogen-bond acceptors (Lipinski definition) is 4. The number of halogens is 1. The van der Waals surface area contributed by atoms with Gasteiger partial charge in [0.25, 0.3) is 5.56 Å². The smallest absolute Gasteiger partial charge is 0.254 e. The Morgan fingerprint density at radius 2 is 2.19 bits per heavy atom. The average Bonchev–Trinajstić information content (AvgIpc) is 3.01. The third-order valence-corrected chi connectivity index (χ3v) is 4.68. The van der Waals surface area contributed by atoms with Crippen molar-refractivity contribution in [3.05, 3.63) is 39.1 Å². The molecule has 0 radical (unpaired) electrons. The van der Waals surface area contributed by atoms with Gasteiger partial charge < -0.3 is 9.55 Å². The lowest BCUT2D eigenvalue weighted by Gasteiger charge is -2.07. The van der Waals surface area contributed by atoms with E-state index in [9.17, 15) is 9.18 Å². The van der Waals surface area contributed by atoms with Crippen molar-refractivity contribution in [3.63, 3.8) is 0 Å². The number of thioether (sulfide) groups is 1. The largest absolute Gasteiger partial charge is 0.329 e. The van der Waals surface area contributed by atoms with Gasteiger partial charge >= 0.3 is 0 Å². The van der Waals surface area contributed by atoms with Crippen LogP contribution in [0.5, 0.6) is 0 Å². The maximum Gasteiger partial charge on any atom is 0.254 e. The van der Waals surface area contributed by atoms with Gasteiger partial charge in [-0.3, -0.25) is 4.79 Å². The average molecular weight is 308 g/mol. The van der Waals surface area contributed by atoms with Gasteiger partial charge in [-0.15, -0.1) is 0 Å². The Kier molecular flexibility index (Phi) is 3.84. The predicted molar refractivity (Wildman–Crippen MR) is 79.0 cm³/mol. The molecule has 5 nitrogen and oxygen atoms in total. The minimum absolute atomic E-state index is 0.0550. The molecule has 1 N–H and O–H groups in total. The van der Waals surface area contributed by atoms with Crippen LogP contribution in [0.15, 0.2) is 9.95 Å². The lowest BCUT2D eigenvalue weighted by molar-refractivity contribution is 0.573. The minimum Gasteiger partial charge on any atom is -0.329 e. The van der Waals surface area contributed by atoms with Gasteiger partial charge in [-0.25, -0.2) is 9.97 Å². The fraction of sp³-hybridized carbons (Fsp3) is 0.500. The second kappa shape index (κ2) is 5.63. The van der Waals surface area contributed by atoms with Gasteiger partial charge in [-0.05, 0) is 33.1 Å². The summed E-state index contributed by atoms with van der Waals surface area (Å²) in [7, 11) is 0. The van der Waals surface area contributed by atoms with E-state index in [1.54, 1.807) is 6.92 Å². The van der Waals surface area contributed by atoms with Gasteiger partial charge in [0, 0.05) is 17.9 Å². The Labute approximate surface area is 126 Å². The molecule has 0 atom stereocenters. The SMILES string of the molecule is CCn1c(C)nc(F)c1CSc1nc2c(c(=O)[nH]1)CCC2. The molecule has 7 heteroatoms. The van der Waals surface area contributed by atoms with E-state index in [-0.39, 0.29) is 5.56 Å². The molecule has 3 rings (SSSR count). The first-order valence-corrected chi connectivity index (χ1v) is 8.05. The number of fused-ring (bicyclic) bond motifs is 1. The van der Waals surface area contributed by atoms with Crippen LogP contribution in [0.25, 0.3) is 0 Å². The summed E-state index contributed by atoms with van der Waals surface area (Å²) in [6, 6.07) is 0. The van der Waals surface area contributed by atoms with E-state index in [2.05, 4.69) is 15.0 Å². The summed E-state index contributed by atoms with van der Waals surface area (Å²) in [6.07, 6.45) is 2.64. The zero-order chi connectivity index (χ0) is 15.0. The van der Waals surface area contributed by atoms with E-state index in [1.165, 1.54) is 11.8 Å². The Morgan fingerprint density at radius 1 is 1.38 bits per heavy atom. The van der Waals surface area contributed by atoms with Crippen molar-refractivity contribution in [1.29, 1.82) is 0 Å². The molecule has 0 saturated carbocycles. The van der Waals surface area contributed by atoms with Crippen LogP contribution in [0.3, 0.4) is 0 Å². The van der Waals surface area contributed by atoms with Crippen molar-refractivity contribution in [2.75, 3.05) is 0 Å². The van der Waals surface area contributed by atoms with Crippen LogP contribution in [0.1, 0.15) is 36.1 Å². The van der Waals surface area contributed by atoms with Crippen molar-refractivity contribution >= 4 is 11.8 Å². The summed E-state index contributed by atoms with van der Waals surface area (Å²) in [6.45, 7) is 4.42. The van der Waals surface area contributed by atoms with Crippen molar-refractivity contribution in [2.45, 2.75) is 50.6 Å². The highest BCUT2D eigenvalue weighted by Crippen LogP contribution is 2.24. The lowest BCUT2D eigenvalue weighted by atomic mass is 10.3. The summed E-state index contributed by atoms with van der Waals surface area (Å²) >= 11 is 1.34. The number of aromatic amines is 1. The van der Waals surface area contributed by atoms with Crippen LogP contribution in [-0.2, 0) is 25.1 Å². The molecule has 0 fully saturated rings. The summed E-state index contributed by atoms with van der Waals surface area (Å²) in [5, 5.41) is 0.557. The van der Waals surface area contributed by atoms with E-state index in [1.807, 2.05) is 11.5 Å². The maximum atomic E-state index is 13.8. The number of imidazole rings is 1. The maximum absolute atomic E-state index is 13.8. The molecule has 0 amide bonds. The molecule has 1 aliphatic rings. The molecular formula is C14H17FN4OS. The summed E-state index contributed by atoms with van der Waals surface area (Å²) in [4.78, 5) is 23.1. The predicted octanol–water partition coefficient (Wildman–Crippen LogP) is 2.21. The van der Waals surface area contributed by atoms with Gasteiger partial charge in [0.15, 0.2) is 5.16 Å². The first kappa shape index (κ1) is 14.3. The fourth-order valence-electron chi connectivity index (χ4n) is 2.75. The van der Waals surface area contributed by atoms with Gasteiger partial charge in [-0.2, -0.15) is 4.39 Å². The van der Waals surface area contributed by atoms with Crippen molar-refractivity contribution in [2.24, 2.45) is 0 Å². The second-order valence-electron chi connectivity index (χ2n) is 5.08. The van der Waals surface area contributed by atoms with E-state index in [0.717, 1.165) is 30.5 Å². The molecule has 1 aliphatic carbocycles. The molecular weight excluding hydrogens is 291 g/mol. The quantitative estimate of drug-likeness (QED) is 0.695.